The van der Waals surface area contributed by atoms with Gasteiger partial charge in [-0.2, -0.15) is 0 Å². The number of nitrogens with one attached hydrogen (secondary N) is 1. The van der Waals surface area contributed by atoms with E-state index in [2.05, 4.69) is 5.32 Å². The maximum absolute atomic E-state index is 11.0. The van der Waals surface area contributed by atoms with Crippen molar-refractivity contribution in [3.8, 4) is 5.75 Å². The molecule has 0 saturated carbocycles. The van der Waals surface area contributed by atoms with E-state index < -0.39 is 4.92 Å². The van der Waals surface area contributed by atoms with Gasteiger partial charge in [0.05, 0.1) is 4.92 Å². The van der Waals surface area contributed by atoms with Crippen molar-refractivity contribution < 1.29 is 9.66 Å². The van der Waals surface area contributed by atoms with Gasteiger partial charge < -0.3 is 10.1 Å². The number of hydrogen-bond donors (Lipinski definition) is 1. The van der Waals surface area contributed by atoms with Crippen molar-refractivity contribution in [3.63, 3.8) is 0 Å². The molecule has 0 aliphatic carbocycles. The van der Waals surface area contributed by atoms with Crippen molar-refractivity contribution in [1.82, 2.24) is 0 Å². The van der Waals surface area contributed by atoms with Gasteiger partial charge in [0, 0.05) is 18.2 Å². The van der Waals surface area contributed by atoms with Crippen molar-refractivity contribution in [2.45, 2.75) is 26.5 Å². The molecule has 2 aromatic rings. The third kappa shape index (κ3) is 4.21. The normalized spacial score (nSPS) is 10.4. The van der Waals surface area contributed by atoms with Crippen LogP contribution in [0.15, 0.2) is 48.5 Å². The largest absolute Gasteiger partial charge is 0.489 e. The molecule has 2 rings (SSSR count). The maximum Gasteiger partial charge on any atom is 0.292 e. The van der Waals surface area contributed by atoms with E-state index >= 15 is 0 Å². The highest BCUT2D eigenvalue weighted by molar-refractivity contribution is 5.64. The number of benzene rings is 2. The lowest BCUT2D eigenvalue weighted by atomic mass is 10.2. The molecule has 0 heterocycles. The highest BCUT2D eigenvalue weighted by Crippen LogP contribution is 2.29. The van der Waals surface area contributed by atoms with Gasteiger partial charge in [-0.05, 0) is 25.5 Å². The molecule has 0 aromatic heterocycles. The predicted molar refractivity (Wildman–Crippen MR) is 82.6 cm³/mol. The van der Waals surface area contributed by atoms with Crippen LogP contribution in [0.5, 0.6) is 5.75 Å². The van der Waals surface area contributed by atoms with E-state index in [1.54, 1.807) is 12.1 Å². The van der Waals surface area contributed by atoms with Crippen molar-refractivity contribution in [2.75, 3.05) is 5.32 Å². The quantitative estimate of drug-likeness (QED) is 0.644. The van der Waals surface area contributed by atoms with Gasteiger partial charge in [0.25, 0.3) is 5.69 Å². The number of ether oxygens (including phenoxy) is 1. The fourth-order valence-corrected chi connectivity index (χ4v) is 1.93. The molecule has 0 aliphatic heterocycles. The Bertz CT molecular complexity index is 612. The number of hydrogen-bond acceptors (Lipinski definition) is 4. The molecule has 5 heteroatoms. The number of rotatable bonds is 6. The Morgan fingerprint density at radius 2 is 1.90 bits per heavy atom. The predicted octanol–water partition coefficient (Wildman–Crippen LogP) is 3.99. The van der Waals surface area contributed by atoms with Crippen LogP contribution in [0.3, 0.4) is 0 Å². The van der Waals surface area contributed by atoms with Crippen molar-refractivity contribution in [3.05, 3.63) is 64.2 Å². The molecule has 1 N–H and O–H groups in total. The van der Waals surface area contributed by atoms with Crippen molar-refractivity contribution in [2.24, 2.45) is 0 Å². The summed E-state index contributed by atoms with van der Waals surface area (Å²) in [6.45, 7) is 4.29. The first-order valence-corrected chi connectivity index (χ1v) is 6.78. The Kier molecular flexibility index (Phi) is 4.77. The molecule has 0 saturated heterocycles. The fourth-order valence-electron chi connectivity index (χ4n) is 1.93. The molecule has 0 amide bonds. The van der Waals surface area contributed by atoms with Crippen LogP contribution in [0.2, 0.25) is 0 Å². The van der Waals surface area contributed by atoms with Crippen LogP contribution in [0, 0.1) is 10.1 Å². The summed E-state index contributed by atoms with van der Waals surface area (Å²) in [5.74, 6) is 0.604. The Morgan fingerprint density at radius 1 is 1.19 bits per heavy atom. The monoisotopic (exact) mass is 286 g/mol. The SMILES string of the molecule is CC(C)Nc1cc(OCc2ccccc2)ccc1[N+](=O)[O-]. The average Bonchev–Trinajstić information content (AvgIpc) is 2.45. The number of nitrogens with zero attached hydrogens (tertiary/aromatic N) is 1. The Morgan fingerprint density at radius 3 is 2.52 bits per heavy atom. The van der Waals surface area contributed by atoms with Gasteiger partial charge >= 0.3 is 0 Å². The molecular formula is C16H18N2O3. The summed E-state index contributed by atoms with van der Waals surface area (Å²) >= 11 is 0. The minimum Gasteiger partial charge on any atom is -0.489 e. The van der Waals surface area contributed by atoms with Crippen LogP contribution in [0.1, 0.15) is 19.4 Å². The lowest BCUT2D eigenvalue weighted by molar-refractivity contribution is -0.384. The average molecular weight is 286 g/mol. The molecule has 2 aromatic carbocycles. The van der Waals surface area contributed by atoms with Crippen LogP contribution >= 0.6 is 0 Å². The van der Waals surface area contributed by atoms with Crippen LogP contribution in [-0.2, 0) is 6.61 Å². The summed E-state index contributed by atoms with van der Waals surface area (Å²) in [6, 6.07) is 14.6. The van der Waals surface area contributed by atoms with Gasteiger partial charge in [-0.1, -0.05) is 30.3 Å². The Labute approximate surface area is 123 Å². The molecule has 0 aliphatic rings. The van der Waals surface area contributed by atoms with Crippen LogP contribution in [0.25, 0.3) is 0 Å². The summed E-state index contributed by atoms with van der Waals surface area (Å²) in [7, 11) is 0. The van der Waals surface area contributed by atoms with Gasteiger partial charge in [0.1, 0.15) is 18.0 Å². The topological polar surface area (TPSA) is 64.4 Å². The second-order valence-electron chi connectivity index (χ2n) is 5.01. The molecule has 5 nitrogen and oxygen atoms in total. The first-order valence-electron chi connectivity index (χ1n) is 6.78. The van der Waals surface area contributed by atoms with Crippen molar-refractivity contribution in [1.29, 1.82) is 0 Å². The van der Waals surface area contributed by atoms with Gasteiger partial charge in [0.15, 0.2) is 0 Å². The van der Waals surface area contributed by atoms with Gasteiger partial charge in [-0.3, -0.25) is 10.1 Å². The first-order chi connectivity index (χ1) is 10.1. The summed E-state index contributed by atoms with van der Waals surface area (Å²) in [4.78, 5) is 10.6. The molecular weight excluding hydrogens is 268 g/mol. The Hall–Kier alpha value is -2.56. The minimum atomic E-state index is -0.397. The summed E-state index contributed by atoms with van der Waals surface area (Å²) in [5, 5.41) is 14.1. The van der Waals surface area contributed by atoms with E-state index in [1.807, 2.05) is 44.2 Å². The summed E-state index contributed by atoms with van der Waals surface area (Å²) in [6.07, 6.45) is 0. The molecule has 0 fully saturated rings. The second kappa shape index (κ2) is 6.74. The second-order valence-corrected chi connectivity index (χ2v) is 5.01. The molecule has 0 atom stereocenters. The Balaban J connectivity index is 2.15. The van der Waals surface area contributed by atoms with E-state index in [0.29, 0.717) is 18.0 Å². The van der Waals surface area contributed by atoms with E-state index in [1.165, 1.54) is 6.07 Å². The first kappa shape index (κ1) is 14.8. The summed E-state index contributed by atoms with van der Waals surface area (Å²) in [5.41, 5.74) is 1.57. The molecule has 110 valence electrons. The lowest BCUT2D eigenvalue weighted by Crippen LogP contribution is -2.11. The third-order valence-electron chi connectivity index (χ3n) is 2.86. The van der Waals surface area contributed by atoms with Gasteiger partial charge in [-0.15, -0.1) is 0 Å². The van der Waals surface area contributed by atoms with E-state index in [0.717, 1.165) is 5.56 Å². The zero-order valence-electron chi connectivity index (χ0n) is 12.1. The van der Waals surface area contributed by atoms with E-state index in [4.69, 9.17) is 4.74 Å². The molecule has 0 bridgehead atoms. The molecule has 0 unspecified atom stereocenters. The van der Waals surface area contributed by atoms with Crippen molar-refractivity contribution >= 4 is 11.4 Å². The zero-order valence-corrected chi connectivity index (χ0v) is 12.1. The van der Waals surface area contributed by atoms with E-state index in [9.17, 15) is 10.1 Å². The third-order valence-corrected chi connectivity index (χ3v) is 2.86. The smallest absolute Gasteiger partial charge is 0.292 e. The standard InChI is InChI=1S/C16H18N2O3/c1-12(2)17-15-10-14(8-9-16(15)18(19)20)21-11-13-6-4-3-5-7-13/h3-10,12,17H,11H2,1-2H3. The highest BCUT2D eigenvalue weighted by Gasteiger charge is 2.15. The molecule has 0 radical (unpaired) electrons. The zero-order chi connectivity index (χ0) is 15.2. The fraction of sp³-hybridized carbons (Fsp3) is 0.250. The van der Waals surface area contributed by atoms with Crippen LogP contribution < -0.4 is 10.1 Å². The maximum atomic E-state index is 11.0. The molecule has 0 spiro atoms. The van der Waals surface area contributed by atoms with Crippen LogP contribution in [0.4, 0.5) is 11.4 Å². The summed E-state index contributed by atoms with van der Waals surface area (Å²) < 4.78 is 5.69. The van der Waals surface area contributed by atoms with Gasteiger partial charge in [-0.25, -0.2) is 0 Å². The number of nitro groups is 1. The lowest BCUT2D eigenvalue weighted by Gasteiger charge is -2.12. The highest BCUT2D eigenvalue weighted by atomic mass is 16.6. The minimum absolute atomic E-state index is 0.0516. The number of nitro benzene ring substituents is 1. The van der Waals surface area contributed by atoms with Crippen LogP contribution in [-0.4, -0.2) is 11.0 Å². The van der Waals surface area contributed by atoms with E-state index in [-0.39, 0.29) is 11.7 Å². The number of anilines is 1. The molecule has 21 heavy (non-hydrogen) atoms. The van der Waals surface area contributed by atoms with Gasteiger partial charge in [0.2, 0.25) is 0 Å².